The fourth-order valence-corrected chi connectivity index (χ4v) is 5.72. The lowest BCUT2D eigenvalue weighted by molar-refractivity contribution is 0.0929. The number of carbonyl (C=O) groups is 1. The van der Waals surface area contributed by atoms with Crippen LogP contribution in [0.15, 0.2) is 94.4 Å². The van der Waals surface area contributed by atoms with Gasteiger partial charge in [-0.3, -0.25) is 4.79 Å². The fourth-order valence-electron chi connectivity index (χ4n) is 3.59. The van der Waals surface area contributed by atoms with Gasteiger partial charge in [-0.25, -0.2) is 5.43 Å². The number of fused-ring (bicyclic) bond motifs is 2. The summed E-state index contributed by atoms with van der Waals surface area (Å²) in [4.78, 5) is 12.4. The second-order valence-electron chi connectivity index (χ2n) is 7.63. The number of halogens is 2. The number of benzene rings is 4. The number of para-hydroxylation sites is 1. The monoisotopic (exact) mass is 672 g/mol. The Balaban J connectivity index is 1.24. The first-order chi connectivity index (χ1) is 16.6. The number of nitrogens with one attached hydrogen (secondary N) is 1. The molecule has 0 fully saturated rings. The van der Waals surface area contributed by atoms with E-state index in [0.717, 1.165) is 29.4 Å². The molecule has 1 heterocycles. The molecule has 0 aliphatic heterocycles. The SMILES string of the molecule is O=C(N/N=C/c1cc(I)c(OCc2ccc3ccccc3c2)c(I)c1)c1cc2ccccc2o1. The second-order valence-corrected chi connectivity index (χ2v) is 9.96. The fraction of sp³-hybridized carbons (Fsp3) is 0.0370. The summed E-state index contributed by atoms with van der Waals surface area (Å²) in [5.74, 6) is 0.657. The van der Waals surface area contributed by atoms with Gasteiger partial charge in [0.2, 0.25) is 0 Å². The number of furan rings is 1. The first-order valence-electron chi connectivity index (χ1n) is 10.5. The minimum atomic E-state index is -0.396. The molecular weight excluding hydrogens is 654 g/mol. The summed E-state index contributed by atoms with van der Waals surface area (Å²) in [7, 11) is 0. The summed E-state index contributed by atoms with van der Waals surface area (Å²) < 4.78 is 13.6. The molecule has 0 aliphatic rings. The van der Waals surface area contributed by atoms with Crippen molar-refractivity contribution in [1.82, 2.24) is 5.43 Å². The third-order valence-electron chi connectivity index (χ3n) is 5.25. The largest absolute Gasteiger partial charge is 0.487 e. The minimum absolute atomic E-state index is 0.222. The maximum atomic E-state index is 12.4. The van der Waals surface area contributed by atoms with E-state index in [0.29, 0.717) is 12.2 Å². The van der Waals surface area contributed by atoms with Gasteiger partial charge in [-0.2, -0.15) is 5.10 Å². The molecule has 1 amide bonds. The van der Waals surface area contributed by atoms with Crippen LogP contribution in [0.1, 0.15) is 21.7 Å². The molecule has 0 atom stereocenters. The average Bonchev–Trinajstić information content (AvgIpc) is 3.28. The first kappa shape index (κ1) is 22.9. The van der Waals surface area contributed by atoms with Gasteiger partial charge in [-0.05, 0) is 97.4 Å². The van der Waals surface area contributed by atoms with Gasteiger partial charge in [0.25, 0.3) is 0 Å². The van der Waals surface area contributed by atoms with Crippen LogP contribution in [-0.2, 0) is 6.61 Å². The average molecular weight is 672 g/mol. The van der Waals surface area contributed by atoms with Crippen molar-refractivity contribution in [2.75, 3.05) is 0 Å². The Morgan fingerprint density at radius 3 is 2.35 bits per heavy atom. The second kappa shape index (κ2) is 10.1. The third kappa shape index (κ3) is 5.10. The predicted octanol–water partition coefficient (Wildman–Crippen LogP) is 7.14. The molecule has 1 aromatic heterocycles. The van der Waals surface area contributed by atoms with E-state index in [1.165, 1.54) is 10.8 Å². The zero-order valence-electron chi connectivity index (χ0n) is 17.8. The number of hydrogen-bond acceptors (Lipinski definition) is 4. The lowest BCUT2D eigenvalue weighted by Crippen LogP contribution is -2.16. The van der Waals surface area contributed by atoms with Crippen molar-refractivity contribution < 1.29 is 13.9 Å². The van der Waals surface area contributed by atoms with Gasteiger partial charge in [0.15, 0.2) is 5.76 Å². The molecule has 0 aliphatic carbocycles. The molecule has 4 aromatic carbocycles. The van der Waals surface area contributed by atoms with Gasteiger partial charge in [-0.15, -0.1) is 0 Å². The van der Waals surface area contributed by atoms with E-state index < -0.39 is 5.91 Å². The van der Waals surface area contributed by atoms with Crippen molar-refractivity contribution in [1.29, 1.82) is 0 Å². The first-order valence-corrected chi connectivity index (χ1v) is 12.6. The zero-order chi connectivity index (χ0) is 23.5. The standard InChI is InChI=1S/C27H18I2N2O3/c28-22-12-18(15-30-31-27(32)25-14-21-7-3-4-8-24(21)34-25)13-23(29)26(22)33-16-17-9-10-19-5-1-2-6-20(19)11-17/h1-15H,16H2,(H,31,32)/b30-15+. The Labute approximate surface area is 223 Å². The molecule has 5 rings (SSSR count). The number of carbonyl (C=O) groups excluding carboxylic acids is 1. The lowest BCUT2D eigenvalue weighted by atomic mass is 10.1. The number of amides is 1. The number of hydrogen-bond donors (Lipinski definition) is 1. The van der Waals surface area contributed by atoms with Crippen molar-refractivity contribution in [2.24, 2.45) is 5.10 Å². The zero-order valence-corrected chi connectivity index (χ0v) is 22.1. The molecule has 7 heteroatoms. The number of hydrazone groups is 1. The van der Waals surface area contributed by atoms with Crippen molar-refractivity contribution in [2.45, 2.75) is 6.61 Å². The molecular formula is C27H18I2N2O3. The van der Waals surface area contributed by atoms with Crippen LogP contribution in [-0.4, -0.2) is 12.1 Å². The summed E-state index contributed by atoms with van der Waals surface area (Å²) in [5.41, 5.74) is 5.16. The maximum absolute atomic E-state index is 12.4. The van der Waals surface area contributed by atoms with Crippen LogP contribution in [0.3, 0.4) is 0 Å². The summed E-state index contributed by atoms with van der Waals surface area (Å²) in [5, 5.41) is 7.38. The molecule has 0 saturated heterocycles. The summed E-state index contributed by atoms with van der Waals surface area (Å²) in [6.45, 7) is 0.484. The topological polar surface area (TPSA) is 63.8 Å². The molecule has 5 nitrogen and oxygen atoms in total. The van der Waals surface area contributed by atoms with Crippen LogP contribution in [0.4, 0.5) is 0 Å². The highest BCUT2D eigenvalue weighted by molar-refractivity contribution is 14.1. The number of rotatable bonds is 6. The van der Waals surface area contributed by atoms with E-state index in [2.05, 4.69) is 86.0 Å². The smallest absolute Gasteiger partial charge is 0.307 e. The Kier molecular flexibility index (Phi) is 6.82. The van der Waals surface area contributed by atoms with E-state index in [1.807, 2.05) is 48.5 Å². The van der Waals surface area contributed by atoms with Crippen molar-refractivity contribution in [3.8, 4) is 5.75 Å². The van der Waals surface area contributed by atoms with Gasteiger partial charge in [0, 0.05) is 5.39 Å². The molecule has 0 spiro atoms. The Morgan fingerprint density at radius 2 is 1.59 bits per heavy atom. The summed E-state index contributed by atoms with van der Waals surface area (Å²) in [6, 6.07) is 27.8. The van der Waals surface area contributed by atoms with Crippen LogP contribution in [0.25, 0.3) is 21.7 Å². The van der Waals surface area contributed by atoms with Crippen LogP contribution >= 0.6 is 45.2 Å². The Morgan fingerprint density at radius 1 is 0.882 bits per heavy atom. The van der Waals surface area contributed by atoms with Gasteiger partial charge >= 0.3 is 5.91 Å². The van der Waals surface area contributed by atoms with E-state index in [1.54, 1.807) is 12.3 Å². The molecule has 1 N–H and O–H groups in total. The predicted molar refractivity (Wildman–Crippen MR) is 151 cm³/mol. The van der Waals surface area contributed by atoms with Gasteiger partial charge < -0.3 is 9.15 Å². The summed E-state index contributed by atoms with van der Waals surface area (Å²) >= 11 is 4.51. The molecule has 0 saturated carbocycles. The highest BCUT2D eigenvalue weighted by Crippen LogP contribution is 2.29. The normalized spacial score (nSPS) is 11.4. The van der Waals surface area contributed by atoms with Crippen molar-refractivity contribution in [3.05, 3.63) is 109 Å². The van der Waals surface area contributed by atoms with E-state index >= 15 is 0 Å². The highest BCUT2D eigenvalue weighted by Gasteiger charge is 2.12. The molecule has 168 valence electrons. The summed E-state index contributed by atoms with van der Waals surface area (Å²) in [6.07, 6.45) is 1.61. The van der Waals surface area contributed by atoms with Gasteiger partial charge in [-0.1, -0.05) is 54.6 Å². The third-order valence-corrected chi connectivity index (χ3v) is 6.85. The Hall–Kier alpha value is -2.92. The van der Waals surface area contributed by atoms with Gasteiger partial charge in [0.05, 0.1) is 13.4 Å². The lowest BCUT2D eigenvalue weighted by Gasteiger charge is -2.12. The van der Waals surface area contributed by atoms with E-state index in [-0.39, 0.29) is 5.76 Å². The Bertz CT molecular complexity index is 1490. The van der Waals surface area contributed by atoms with Gasteiger partial charge in [0.1, 0.15) is 17.9 Å². The van der Waals surface area contributed by atoms with Crippen LogP contribution in [0, 0.1) is 7.14 Å². The maximum Gasteiger partial charge on any atom is 0.307 e. The van der Waals surface area contributed by atoms with E-state index in [4.69, 9.17) is 9.15 Å². The van der Waals surface area contributed by atoms with Crippen LogP contribution in [0.5, 0.6) is 5.75 Å². The quantitative estimate of drug-likeness (QED) is 0.119. The van der Waals surface area contributed by atoms with Crippen LogP contribution in [0.2, 0.25) is 0 Å². The minimum Gasteiger partial charge on any atom is -0.487 e. The highest BCUT2D eigenvalue weighted by atomic mass is 127. The molecule has 0 radical (unpaired) electrons. The molecule has 34 heavy (non-hydrogen) atoms. The van der Waals surface area contributed by atoms with Crippen molar-refractivity contribution in [3.63, 3.8) is 0 Å². The molecule has 0 bridgehead atoms. The van der Waals surface area contributed by atoms with E-state index in [9.17, 15) is 4.79 Å². The molecule has 0 unspecified atom stereocenters. The number of nitrogens with zero attached hydrogens (tertiary/aromatic N) is 1. The van der Waals surface area contributed by atoms with Crippen molar-refractivity contribution >= 4 is 79.0 Å². The van der Waals surface area contributed by atoms with Crippen LogP contribution < -0.4 is 10.2 Å². The molecule has 5 aromatic rings. The number of ether oxygens (including phenoxy) is 1.